The summed E-state index contributed by atoms with van der Waals surface area (Å²) >= 11 is 0. The van der Waals surface area contributed by atoms with Crippen LogP contribution in [0.15, 0.2) is 42.7 Å². The number of benzene rings is 1. The predicted octanol–water partition coefficient (Wildman–Crippen LogP) is 2.51. The van der Waals surface area contributed by atoms with Crippen LogP contribution in [0.1, 0.15) is 29.0 Å². The van der Waals surface area contributed by atoms with E-state index in [4.69, 9.17) is 10.00 Å². The van der Waals surface area contributed by atoms with Crippen LogP contribution in [-0.4, -0.2) is 45.0 Å². The van der Waals surface area contributed by atoms with Crippen molar-refractivity contribution in [3.05, 3.63) is 54.1 Å². The fraction of sp³-hybridized carbons (Fsp3) is 0.263. The SMILES string of the molecule is N#Cc1nccnc1OC1CCCN(C(=O)c2cc3ccccc3[nH]2)C1. The molecule has 1 fully saturated rings. The maximum Gasteiger partial charge on any atom is 0.270 e. The highest BCUT2D eigenvalue weighted by Gasteiger charge is 2.27. The molecule has 130 valence electrons. The molecule has 3 aromatic rings. The van der Waals surface area contributed by atoms with Crippen LogP contribution in [0.4, 0.5) is 0 Å². The van der Waals surface area contributed by atoms with Crippen LogP contribution in [0.25, 0.3) is 10.9 Å². The van der Waals surface area contributed by atoms with Crippen molar-refractivity contribution in [2.45, 2.75) is 18.9 Å². The number of rotatable bonds is 3. The molecule has 0 radical (unpaired) electrons. The number of aromatic nitrogens is 3. The Labute approximate surface area is 150 Å². The van der Waals surface area contributed by atoms with Gasteiger partial charge in [0.25, 0.3) is 11.8 Å². The van der Waals surface area contributed by atoms with Gasteiger partial charge in [-0.3, -0.25) is 4.79 Å². The van der Waals surface area contributed by atoms with E-state index in [-0.39, 0.29) is 23.6 Å². The Bertz CT molecular complexity index is 958. The topological polar surface area (TPSA) is 94.9 Å². The Kier molecular flexibility index (Phi) is 4.23. The summed E-state index contributed by atoms with van der Waals surface area (Å²) in [6, 6.07) is 11.7. The highest BCUT2D eigenvalue weighted by Crippen LogP contribution is 2.21. The second-order valence-electron chi connectivity index (χ2n) is 6.23. The van der Waals surface area contributed by atoms with Crippen molar-refractivity contribution in [3.8, 4) is 11.9 Å². The molecular weight excluding hydrogens is 330 g/mol. The first-order valence-corrected chi connectivity index (χ1v) is 8.49. The molecule has 0 spiro atoms. The molecule has 0 aliphatic carbocycles. The zero-order valence-electron chi connectivity index (χ0n) is 14.1. The van der Waals surface area contributed by atoms with E-state index in [0.29, 0.717) is 18.8 Å². The number of hydrogen-bond donors (Lipinski definition) is 1. The average Bonchev–Trinajstić information content (AvgIpc) is 3.12. The van der Waals surface area contributed by atoms with E-state index in [1.807, 2.05) is 36.4 Å². The minimum absolute atomic E-state index is 0.0471. The van der Waals surface area contributed by atoms with Crippen LogP contribution < -0.4 is 4.74 Å². The lowest BCUT2D eigenvalue weighted by Gasteiger charge is -2.32. The Morgan fingerprint density at radius 2 is 2.15 bits per heavy atom. The van der Waals surface area contributed by atoms with Gasteiger partial charge in [0.05, 0.1) is 6.54 Å². The van der Waals surface area contributed by atoms with Crippen molar-refractivity contribution < 1.29 is 9.53 Å². The number of para-hydroxylation sites is 1. The van der Waals surface area contributed by atoms with E-state index in [9.17, 15) is 4.79 Å². The molecule has 1 aliphatic rings. The van der Waals surface area contributed by atoms with Gasteiger partial charge < -0.3 is 14.6 Å². The Hall–Kier alpha value is -3.40. The van der Waals surface area contributed by atoms with Gasteiger partial charge >= 0.3 is 0 Å². The number of nitriles is 1. The molecule has 0 bridgehead atoms. The molecular formula is C19H17N5O2. The maximum absolute atomic E-state index is 12.8. The second kappa shape index (κ2) is 6.84. The summed E-state index contributed by atoms with van der Waals surface area (Å²) in [5.41, 5.74) is 1.68. The van der Waals surface area contributed by atoms with Gasteiger partial charge in [-0.1, -0.05) is 18.2 Å². The van der Waals surface area contributed by atoms with Crippen molar-refractivity contribution >= 4 is 16.8 Å². The van der Waals surface area contributed by atoms with Crippen LogP contribution in [0.2, 0.25) is 0 Å². The van der Waals surface area contributed by atoms with Gasteiger partial charge in [-0.2, -0.15) is 5.26 Å². The summed E-state index contributed by atoms with van der Waals surface area (Å²) < 4.78 is 5.85. The summed E-state index contributed by atoms with van der Waals surface area (Å²) in [6.07, 6.45) is 4.38. The van der Waals surface area contributed by atoms with E-state index in [0.717, 1.165) is 23.7 Å². The molecule has 1 N–H and O–H groups in total. The molecule has 26 heavy (non-hydrogen) atoms. The maximum atomic E-state index is 12.8. The first-order chi connectivity index (χ1) is 12.7. The number of aromatic amines is 1. The third-order valence-electron chi connectivity index (χ3n) is 4.47. The minimum Gasteiger partial charge on any atom is -0.470 e. The quantitative estimate of drug-likeness (QED) is 0.785. The summed E-state index contributed by atoms with van der Waals surface area (Å²) in [5.74, 6) is 0.175. The van der Waals surface area contributed by atoms with Gasteiger partial charge in [0, 0.05) is 29.8 Å². The molecule has 1 amide bonds. The number of likely N-dealkylation sites (tertiary alicyclic amines) is 1. The number of ether oxygens (including phenoxy) is 1. The fourth-order valence-corrected chi connectivity index (χ4v) is 3.22. The Balaban J connectivity index is 1.49. The zero-order chi connectivity index (χ0) is 17.9. The summed E-state index contributed by atoms with van der Waals surface area (Å²) in [4.78, 5) is 25.8. The van der Waals surface area contributed by atoms with E-state index in [1.54, 1.807) is 4.90 Å². The number of carbonyl (C=O) groups excluding carboxylic acids is 1. The molecule has 1 aliphatic heterocycles. The first kappa shape index (κ1) is 16.1. The van der Waals surface area contributed by atoms with Gasteiger partial charge in [-0.05, 0) is 25.0 Å². The molecule has 4 rings (SSSR count). The minimum atomic E-state index is -0.208. The lowest BCUT2D eigenvalue weighted by Crippen LogP contribution is -2.44. The lowest BCUT2D eigenvalue weighted by atomic mass is 10.1. The summed E-state index contributed by atoms with van der Waals surface area (Å²) in [5, 5.41) is 10.1. The van der Waals surface area contributed by atoms with Crippen LogP contribution in [0.3, 0.4) is 0 Å². The van der Waals surface area contributed by atoms with Gasteiger partial charge in [-0.25, -0.2) is 9.97 Å². The van der Waals surface area contributed by atoms with Crippen LogP contribution in [0, 0.1) is 11.3 Å². The molecule has 0 saturated carbocycles. The molecule has 1 aromatic carbocycles. The molecule has 7 nitrogen and oxygen atoms in total. The van der Waals surface area contributed by atoms with Gasteiger partial charge in [-0.15, -0.1) is 0 Å². The third kappa shape index (κ3) is 3.09. The van der Waals surface area contributed by atoms with Crippen molar-refractivity contribution in [2.24, 2.45) is 0 Å². The molecule has 1 saturated heterocycles. The fourth-order valence-electron chi connectivity index (χ4n) is 3.22. The molecule has 1 atom stereocenters. The number of carbonyl (C=O) groups is 1. The van der Waals surface area contributed by atoms with E-state index < -0.39 is 0 Å². The van der Waals surface area contributed by atoms with Crippen molar-refractivity contribution in [1.82, 2.24) is 19.9 Å². The highest BCUT2D eigenvalue weighted by molar-refractivity contribution is 5.98. The predicted molar refractivity (Wildman–Crippen MR) is 94.6 cm³/mol. The van der Waals surface area contributed by atoms with Gasteiger partial charge in [0.15, 0.2) is 0 Å². The van der Waals surface area contributed by atoms with Gasteiger partial charge in [0.1, 0.15) is 17.9 Å². The number of fused-ring (bicyclic) bond motifs is 1. The summed E-state index contributed by atoms with van der Waals surface area (Å²) in [6.45, 7) is 1.13. The van der Waals surface area contributed by atoms with Crippen LogP contribution >= 0.6 is 0 Å². The van der Waals surface area contributed by atoms with Crippen molar-refractivity contribution in [1.29, 1.82) is 5.26 Å². The number of piperidine rings is 1. The first-order valence-electron chi connectivity index (χ1n) is 8.49. The standard InChI is InChI=1S/C19H17N5O2/c20-11-17-18(22-8-7-21-17)26-14-5-3-9-24(12-14)19(25)16-10-13-4-1-2-6-15(13)23-16/h1-2,4,6-8,10,14,23H,3,5,9,12H2. The molecule has 1 unspecified atom stereocenters. The van der Waals surface area contributed by atoms with Crippen molar-refractivity contribution in [3.63, 3.8) is 0 Å². The van der Waals surface area contributed by atoms with Crippen molar-refractivity contribution in [2.75, 3.05) is 13.1 Å². The average molecular weight is 347 g/mol. The smallest absolute Gasteiger partial charge is 0.270 e. The van der Waals surface area contributed by atoms with E-state index in [1.165, 1.54) is 12.4 Å². The van der Waals surface area contributed by atoms with Gasteiger partial charge in [0.2, 0.25) is 5.69 Å². The monoisotopic (exact) mass is 347 g/mol. The number of hydrogen-bond acceptors (Lipinski definition) is 5. The van der Waals surface area contributed by atoms with Crippen LogP contribution in [-0.2, 0) is 0 Å². The Morgan fingerprint density at radius 1 is 1.31 bits per heavy atom. The van der Waals surface area contributed by atoms with E-state index in [2.05, 4.69) is 15.0 Å². The number of H-pyrrole nitrogens is 1. The summed E-state index contributed by atoms with van der Waals surface area (Å²) in [7, 11) is 0. The third-order valence-corrected chi connectivity index (χ3v) is 4.47. The number of amides is 1. The zero-order valence-corrected chi connectivity index (χ0v) is 14.1. The van der Waals surface area contributed by atoms with Crippen LogP contribution in [0.5, 0.6) is 5.88 Å². The lowest BCUT2D eigenvalue weighted by molar-refractivity contribution is 0.0522. The normalized spacial score (nSPS) is 17.0. The molecule has 2 aromatic heterocycles. The Morgan fingerprint density at radius 3 is 3.00 bits per heavy atom. The van der Waals surface area contributed by atoms with E-state index >= 15 is 0 Å². The number of nitrogens with one attached hydrogen (secondary N) is 1. The molecule has 7 heteroatoms. The second-order valence-corrected chi connectivity index (χ2v) is 6.23. The molecule has 3 heterocycles. The number of nitrogens with zero attached hydrogens (tertiary/aromatic N) is 4. The highest BCUT2D eigenvalue weighted by atomic mass is 16.5. The largest absolute Gasteiger partial charge is 0.470 e.